The van der Waals surface area contributed by atoms with Crippen molar-refractivity contribution in [2.24, 2.45) is 0 Å². The lowest BCUT2D eigenvalue weighted by atomic mass is 10.4. The van der Waals surface area contributed by atoms with Gasteiger partial charge < -0.3 is 29.2 Å². The first-order valence-electron chi connectivity index (χ1n) is 6.25. The highest BCUT2D eigenvalue weighted by Crippen LogP contribution is 1.96. The van der Waals surface area contributed by atoms with Gasteiger partial charge in [-0.15, -0.1) is 0 Å². The van der Waals surface area contributed by atoms with Crippen LogP contribution in [0.25, 0.3) is 0 Å². The van der Waals surface area contributed by atoms with Gasteiger partial charge in [0, 0.05) is 0 Å². The number of rotatable bonds is 9. The van der Waals surface area contributed by atoms with Gasteiger partial charge in [-0.3, -0.25) is 0 Å². The number of aliphatic hydroxyl groups excluding tert-OH is 2. The average Bonchev–Trinajstić information content (AvgIpc) is 2.48. The van der Waals surface area contributed by atoms with Crippen molar-refractivity contribution in [3.63, 3.8) is 0 Å². The molecule has 2 N–H and O–H groups in total. The Hall–Kier alpha value is -2.20. The van der Waals surface area contributed by atoms with Crippen molar-refractivity contribution >= 4 is 23.9 Å². The van der Waals surface area contributed by atoms with E-state index in [4.69, 9.17) is 10.2 Å². The molecule has 0 saturated carbocycles. The zero-order valence-corrected chi connectivity index (χ0v) is 12.1. The van der Waals surface area contributed by atoms with E-state index >= 15 is 0 Å². The smallest absolute Gasteiger partial charge is 0.347 e. The molecule has 222 valence electrons. The highest BCUT2D eigenvalue weighted by atomic mass is 16.6. The standard InChI is InChI=1S/C12H18O10.12CH4/c1-7(14)11(17)21-6-10(16)19-3-4-20-12(18)8(2)22-9(15)5-13;;;;;;;;;;;;/h7-8,13-14H,3-6H2,1-2H3;12*1H4. The Morgan fingerprint density at radius 3 is 1.35 bits per heavy atom. The fourth-order valence-electron chi connectivity index (χ4n) is 0.990. The summed E-state index contributed by atoms with van der Waals surface area (Å²) in [6.07, 6.45) is -2.56. The lowest BCUT2D eigenvalue weighted by Crippen LogP contribution is -2.29. The number of hydrogen-bond acceptors (Lipinski definition) is 10. The predicted octanol–water partition coefficient (Wildman–Crippen LogP) is 5.55. The van der Waals surface area contributed by atoms with E-state index in [1.165, 1.54) is 13.8 Å². The third-order valence-electron chi connectivity index (χ3n) is 2.03. The molecule has 0 saturated heterocycles. The molecule has 0 aromatic heterocycles. The van der Waals surface area contributed by atoms with Gasteiger partial charge in [0.2, 0.25) is 0 Å². The molecule has 0 rings (SSSR count). The summed E-state index contributed by atoms with van der Waals surface area (Å²) >= 11 is 0. The van der Waals surface area contributed by atoms with E-state index in [0.717, 1.165) is 0 Å². The molecule has 10 nitrogen and oxygen atoms in total. The number of esters is 4. The third-order valence-corrected chi connectivity index (χ3v) is 2.03. The number of carbonyl (C=O) groups is 4. The van der Waals surface area contributed by atoms with Gasteiger partial charge >= 0.3 is 23.9 Å². The maximum Gasteiger partial charge on any atom is 0.347 e. The molecule has 0 aromatic rings. The molecular weight excluding hydrogens is 448 g/mol. The van der Waals surface area contributed by atoms with Crippen LogP contribution in [0, 0.1) is 0 Å². The molecule has 0 fully saturated rings. The monoisotopic (exact) mass is 514 g/mol. The summed E-state index contributed by atoms with van der Waals surface area (Å²) in [7, 11) is 0. The van der Waals surface area contributed by atoms with Gasteiger partial charge in [0.25, 0.3) is 0 Å². The van der Waals surface area contributed by atoms with E-state index in [2.05, 4.69) is 18.9 Å². The van der Waals surface area contributed by atoms with Crippen molar-refractivity contribution in [1.29, 1.82) is 0 Å². The van der Waals surface area contributed by atoms with Crippen LogP contribution in [-0.4, -0.2) is 72.7 Å². The highest BCUT2D eigenvalue weighted by Gasteiger charge is 2.19. The molecule has 0 aliphatic heterocycles. The second kappa shape index (κ2) is 48.3. The van der Waals surface area contributed by atoms with Crippen molar-refractivity contribution in [2.75, 3.05) is 26.4 Å². The SMILES string of the molecule is C.C.C.C.C.C.C.C.C.C.C.C.CC(O)C(=O)OCC(=O)OCCOC(=O)C(C)OC(=O)CO. The molecule has 0 aromatic carbocycles. The molecule has 0 spiro atoms. The van der Waals surface area contributed by atoms with E-state index < -0.39 is 49.3 Å². The normalized spacial score (nSPS) is 8.24. The van der Waals surface area contributed by atoms with Gasteiger partial charge in [-0.25, -0.2) is 19.2 Å². The number of aliphatic hydroxyl groups is 2. The summed E-state index contributed by atoms with van der Waals surface area (Å²) in [6.45, 7) is 0.297. The first kappa shape index (κ1) is 85.4. The van der Waals surface area contributed by atoms with Gasteiger partial charge in [0.15, 0.2) is 12.7 Å². The average molecular weight is 515 g/mol. The van der Waals surface area contributed by atoms with Gasteiger partial charge in [-0.05, 0) is 13.8 Å². The lowest BCUT2D eigenvalue weighted by molar-refractivity contribution is -0.171. The largest absolute Gasteiger partial charge is 0.460 e. The zero-order chi connectivity index (χ0) is 17.1. The topological polar surface area (TPSA) is 146 Å². The molecule has 0 radical (unpaired) electrons. The van der Waals surface area contributed by atoms with Gasteiger partial charge in [-0.1, -0.05) is 89.1 Å². The van der Waals surface area contributed by atoms with Crippen LogP contribution in [0.3, 0.4) is 0 Å². The molecule has 2 atom stereocenters. The van der Waals surface area contributed by atoms with Crippen LogP contribution in [0.1, 0.15) is 103 Å². The van der Waals surface area contributed by atoms with E-state index in [1.807, 2.05) is 0 Å². The van der Waals surface area contributed by atoms with E-state index in [-0.39, 0.29) is 102 Å². The highest BCUT2D eigenvalue weighted by molar-refractivity contribution is 5.79. The van der Waals surface area contributed by atoms with Crippen molar-refractivity contribution in [3.05, 3.63) is 0 Å². The Morgan fingerprint density at radius 2 is 1.00 bits per heavy atom. The maximum atomic E-state index is 11.3. The Kier molecular flexibility index (Phi) is 121. The first-order chi connectivity index (χ1) is 10.3. The summed E-state index contributed by atoms with van der Waals surface area (Å²) in [4.78, 5) is 44.0. The van der Waals surface area contributed by atoms with Crippen molar-refractivity contribution in [2.45, 2.75) is 115 Å². The summed E-state index contributed by atoms with van der Waals surface area (Å²) in [5, 5.41) is 17.2. The molecule has 0 aliphatic rings. The number of hydrogen-bond donors (Lipinski definition) is 2. The van der Waals surface area contributed by atoms with E-state index in [1.54, 1.807) is 0 Å². The Balaban J connectivity index is -0.0000000334. The van der Waals surface area contributed by atoms with Crippen LogP contribution < -0.4 is 0 Å². The summed E-state index contributed by atoms with van der Waals surface area (Å²) in [6, 6.07) is 0. The number of ether oxygens (including phenoxy) is 4. The predicted molar refractivity (Wildman–Crippen MR) is 148 cm³/mol. The minimum atomic E-state index is -1.35. The second-order valence-electron chi connectivity index (χ2n) is 3.96. The summed E-state index contributed by atoms with van der Waals surface area (Å²) < 4.78 is 18.1. The quantitative estimate of drug-likeness (QED) is 0.228. The maximum absolute atomic E-state index is 11.3. The van der Waals surface area contributed by atoms with Gasteiger partial charge in [0.05, 0.1) is 0 Å². The van der Waals surface area contributed by atoms with Crippen LogP contribution in [0.2, 0.25) is 0 Å². The third kappa shape index (κ3) is 43.6. The van der Waals surface area contributed by atoms with Crippen molar-refractivity contribution in [1.82, 2.24) is 0 Å². The Morgan fingerprint density at radius 1 is 0.618 bits per heavy atom. The van der Waals surface area contributed by atoms with Gasteiger partial charge in [-0.2, -0.15) is 0 Å². The molecule has 34 heavy (non-hydrogen) atoms. The van der Waals surface area contributed by atoms with Crippen LogP contribution in [-0.2, 0) is 38.1 Å². The van der Waals surface area contributed by atoms with Crippen LogP contribution in [0.15, 0.2) is 0 Å². The zero-order valence-electron chi connectivity index (χ0n) is 12.1. The summed E-state index contributed by atoms with van der Waals surface area (Å²) in [5.41, 5.74) is 0. The fraction of sp³-hybridized carbons (Fsp3) is 0.833. The first-order valence-corrected chi connectivity index (χ1v) is 6.25. The molecule has 0 aliphatic carbocycles. The van der Waals surface area contributed by atoms with Crippen LogP contribution in [0.4, 0.5) is 0 Å². The minimum absolute atomic E-state index is 0. The molecular formula is C24H66O10. The molecule has 0 amide bonds. The Bertz CT molecular complexity index is 411. The molecule has 0 heterocycles. The summed E-state index contributed by atoms with van der Waals surface area (Å²) in [5.74, 6) is -3.71. The van der Waals surface area contributed by atoms with Crippen LogP contribution in [0.5, 0.6) is 0 Å². The molecule has 0 bridgehead atoms. The van der Waals surface area contributed by atoms with E-state index in [0.29, 0.717) is 0 Å². The fourth-order valence-corrected chi connectivity index (χ4v) is 0.990. The second-order valence-corrected chi connectivity index (χ2v) is 3.96. The van der Waals surface area contributed by atoms with Crippen LogP contribution >= 0.6 is 0 Å². The van der Waals surface area contributed by atoms with E-state index in [9.17, 15) is 19.2 Å². The minimum Gasteiger partial charge on any atom is -0.460 e. The molecule has 2 unspecified atom stereocenters. The van der Waals surface area contributed by atoms with Gasteiger partial charge in [0.1, 0.15) is 25.9 Å². The van der Waals surface area contributed by atoms with Crippen molar-refractivity contribution in [3.8, 4) is 0 Å². The van der Waals surface area contributed by atoms with Crippen molar-refractivity contribution < 1.29 is 48.3 Å². The lowest BCUT2D eigenvalue weighted by Gasteiger charge is -2.12. The Labute approximate surface area is 214 Å². The number of carbonyl (C=O) groups excluding carboxylic acids is 4. The molecule has 10 heteroatoms.